The molecule has 0 saturated heterocycles. The predicted octanol–water partition coefficient (Wildman–Crippen LogP) is 19.6. The van der Waals surface area contributed by atoms with Crippen molar-refractivity contribution < 1.29 is 28.6 Å². The van der Waals surface area contributed by atoms with Crippen molar-refractivity contribution in [3.8, 4) is 0 Å². The van der Waals surface area contributed by atoms with E-state index in [9.17, 15) is 14.4 Å². The van der Waals surface area contributed by atoms with Gasteiger partial charge in [0.1, 0.15) is 13.2 Å². The fraction of sp³-hybridized carbons (Fsp3) is 0.591. The molecule has 0 heterocycles. The fourth-order valence-corrected chi connectivity index (χ4v) is 7.30. The Kier molecular flexibility index (Phi) is 55.0. The third kappa shape index (κ3) is 56.2. The van der Waals surface area contributed by atoms with Gasteiger partial charge in [-0.1, -0.05) is 224 Å². The second-order valence-corrected chi connectivity index (χ2v) is 18.4. The summed E-state index contributed by atoms with van der Waals surface area (Å²) in [4.78, 5) is 38.2. The molecular formula is C66H104O6. The summed E-state index contributed by atoms with van der Waals surface area (Å²) in [6, 6.07) is 0. The van der Waals surface area contributed by atoms with E-state index in [4.69, 9.17) is 14.2 Å². The first-order valence-electron chi connectivity index (χ1n) is 28.8. The maximum absolute atomic E-state index is 12.8. The van der Waals surface area contributed by atoms with Gasteiger partial charge in [-0.15, -0.1) is 0 Å². The maximum atomic E-state index is 12.8. The lowest BCUT2D eigenvalue weighted by Crippen LogP contribution is -2.30. The lowest BCUT2D eigenvalue weighted by molar-refractivity contribution is -0.167. The number of ether oxygens (including phenoxy) is 3. The zero-order chi connectivity index (χ0) is 52.2. The van der Waals surface area contributed by atoms with Crippen LogP contribution < -0.4 is 0 Å². The Morgan fingerprint density at radius 3 is 0.889 bits per heavy atom. The van der Waals surface area contributed by atoms with Crippen LogP contribution in [0.25, 0.3) is 0 Å². The topological polar surface area (TPSA) is 78.9 Å². The molecule has 1 unspecified atom stereocenters. The van der Waals surface area contributed by atoms with E-state index in [1.165, 1.54) is 32.1 Å². The van der Waals surface area contributed by atoms with E-state index in [0.717, 1.165) is 154 Å². The monoisotopic (exact) mass is 993 g/mol. The number of unbranched alkanes of at least 4 members (excludes halogenated alkanes) is 15. The Bertz CT molecular complexity index is 1610. The second-order valence-electron chi connectivity index (χ2n) is 18.4. The summed E-state index contributed by atoms with van der Waals surface area (Å²) in [7, 11) is 0. The van der Waals surface area contributed by atoms with Gasteiger partial charge in [0.2, 0.25) is 0 Å². The Balaban J connectivity index is 4.56. The van der Waals surface area contributed by atoms with Crippen LogP contribution in [-0.4, -0.2) is 37.2 Å². The van der Waals surface area contributed by atoms with Crippen molar-refractivity contribution in [1.29, 1.82) is 0 Å². The minimum atomic E-state index is -0.829. The van der Waals surface area contributed by atoms with E-state index < -0.39 is 6.10 Å². The largest absolute Gasteiger partial charge is 0.462 e. The van der Waals surface area contributed by atoms with E-state index in [2.05, 4.69) is 167 Å². The number of esters is 3. The summed E-state index contributed by atoms with van der Waals surface area (Å²) < 4.78 is 16.8. The standard InChI is InChI=1S/C66H104O6/c1-4-7-10-13-16-19-22-25-28-31-32-33-34-36-38-41-44-47-50-53-56-59-65(68)71-62-63(61-70-64(67)58-55-52-49-46-43-40-37-30-27-24-21-18-15-12-9-6-3)72-66(69)60-57-54-51-48-45-42-39-35-29-26-23-20-17-14-11-8-5-2/h7-8,10-11,16-17,19-21,24-26,28-30,32-33,36-39,42,48,51,63H,4-6,9,12-15,18,22-23,27,31,34-35,40-41,43-47,49-50,52-62H2,1-3H3/b10-7-,11-8-,19-16-,20-17-,24-21-,28-25-,29-26-,33-32-,37-30-,38-36-,42-39-,51-48-. The van der Waals surface area contributed by atoms with Crippen molar-refractivity contribution in [3.05, 3.63) is 146 Å². The van der Waals surface area contributed by atoms with Crippen LogP contribution >= 0.6 is 0 Å². The molecule has 0 N–H and O–H groups in total. The van der Waals surface area contributed by atoms with Crippen molar-refractivity contribution in [2.75, 3.05) is 13.2 Å². The quantitative estimate of drug-likeness (QED) is 0.0261. The first-order valence-corrected chi connectivity index (χ1v) is 28.8. The molecule has 6 heteroatoms. The molecule has 0 saturated carbocycles. The van der Waals surface area contributed by atoms with Gasteiger partial charge in [0.05, 0.1) is 0 Å². The van der Waals surface area contributed by atoms with Crippen LogP contribution in [0.2, 0.25) is 0 Å². The Morgan fingerprint density at radius 1 is 0.292 bits per heavy atom. The zero-order valence-corrected chi connectivity index (χ0v) is 46.1. The zero-order valence-electron chi connectivity index (χ0n) is 46.1. The van der Waals surface area contributed by atoms with Crippen LogP contribution in [0.4, 0.5) is 0 Å². The highest BCUT2D eigenvalue weighted by Gasteiger charge is 2.19. The molecule has 0 bridgehead atoms. The average Bonchev–Trinajstić information content (AvgIpc) is 3.38. The predicted molar refractivity (Wildman–Crippen MR) is 311 cm³/mol. The van der Waals surface area contributed by atoms with Crippen molar-refractivity contribution in [3.63, 3.8) is 0 Å². The minimum Gasteiger partial charge on any atom is -0.462 e. The molecule has 1 atom stereocenters. The number of rotatable bonds is 50. The number of carbonyl (C=O) groups excluding carboxylic acids is 3. The molecule has 404 valence electrons. The first-order chi connectivity index (χ1) is 35.5. The summed E-state index contributed by atoms with van der Waals surface area (Å²) in [6.07, 6.45) is 84.1. The summed E-state index contributed by atoms with van der Waals surface area (Å²) >= 11 is 0. The molecule has 0 spiro atoms. The highest BCUT2D eigenvalue weighted by molar-refractivity contribution is 5.71. The van der Waals surface area contributed by atoms with E-state index >= 15 is 0 Å². The summed E-state index contributed by atoms with van der Waals surface area (Å²) in [6.45, 7) is 6.31. The van der Waals surface area contributed by atoms with E-state index in [0.29, 0.717) is 19.3 Å². The number of allylic oxidation sites excluding steroid dienone is 24. The van der Waals surface area contributed by atoms with Crippen LogP contribution in [0.5, 0.6) is 0 Å². The molecular weight excluding hydrogens is 889 g/mol. The summed E-state index contributed by atoms with van der Waals surface area (Å²) in [5.41, 5.74) is 0. The number of hydrogen-bond acceptors (Lipinski definition) is 6. The third-order valence-electron chi connectivity index (χ3n) is 11.6. The van der Waals surface area contributed by atoms with Crippen LogP contribution in [0.3, 0.4) is 0 Å². The van der Waals surface area contributed by atoms with Gasteiger partial charge in [-0.3, -0.25) is 14.4 Å². The number of carbonyl (C=O) groups is 3. The van der Waals surface area contributed by atoms with E-state index in [1.54, 1.807) is 0 Å². The third-order valence-corrected chi connectivity index (χ3v) is 11.6. The molecule has 6 nitrogen and oxygen atoms in total. The highest BCUT2D eigenvalue weighted by atomic mass is 16.6. The summed E-state index contributed by atoms with van der Waals surface area (Å²) in [5.74, 6) is -1.02. The molecule has 0 aromatic carbocycles. The van der Waals surface area contributed by atoms with Gasteiger partial charge in [0.25, 0.3) is 0 Å². The van der Waals surface area contributed by atoms with Crippen LogP contribution in [0, 0.1) is 0 Å². The van der Waals surface area contributed by atoms with Crippen molar-refractivity contribution >= 4 is 17.9 Å². The van der Waals surface area contributed by atoms with Crippen LogP contribution in [0.1, 0.15) is 233 Å². The van der Waals surface area contributed by atoms with Gasteiger partial charge >= 0.3 is 17.9 Å². The number of hydrogen-bond donors (Lipinski definition) is 0. The maximum Gasteiger partial charge on any atom is 0.306 e. The lowest BCUT2D eigenvalue weighted by atomic mass is 10.1. The molecule has 0 radical (unpaired) electrons. The normalized spacial score (nSPS) is 13.2. The Hall–Kier alpha value is -4.71. The van der Waals surface area contributed by atoms with Crippen LogP contribution in [0.15, 0.2) is 146 Å². The molecule has 0 rings (SSSR count). The average molecular weight is 994 g/mol. The molecule has 0 aromatic heterocycles. The molecule has 0 aliphatic carbocycles. The minimum absolute atomic E-state index is 0.120. The van der Waals surface area contributed by atoms with Gasteiger partial charge in [-0.25, -0.2) is 0 Å². The molecule has 0 aliphatic heterocycles. The molecule has 0 aliphatic rings. The lowest BCUT2D eigenvalue weighted by Gasteiger charge is -2.18. The van der Waals surface area contributed by atoms with Crippen LogP contribution in [-0.2, 0) is 28.6 Å². The second kappa shape index (κ2) is 58.9. The van der Waals surface area contributed by atoms with Gasteiger partial charge in [-0.05, 0) is 135 Å². The molecule has 0 fully saturated rings. The van der Waals surface area contributed by atoms with E-state index in [-0.39, 0.29) is 37.5 Å². The molecule has 0 aromatic rings. The van der Waals surface area contributed by atoms with Crippen molar-refractivity contribution in [2.24, 2.45) is 0 Å². The van der Waals surface area contributed by atoms with Gasteiger partial charge in [0, 0.05) is 19.3 Å². The van der Waals surface area contributed by atoms with Crippen molar-refractivity contribution in [2.45, 2.75) is 239 Å². The van der Waals surface area contributed by atoms with Crippen molar-refractivity contribution in [1.82, 2.24) is 0 Å². The Morgan fingerprint density at radius 2 is 0.556 bits per heavy atom. The van der Waals surface area contributed by atoms with Gasteiger partial charge in [0.15, 0.2) is 6.10 Å². The molecule has 72 heavy (non-hydrogen) atoms. The summed E-state index contributed by atoms with van der Waals surface area (Å²) in [5, 5.41) is 0. The Labute approximate surface area is 442 Å². The fourth-order valence-electron chi connectivity index (χ4n) is 7.30. The molecule has 0 amide bonds. The van der Waals surface area contributed by atoms with Gasteiger partial charge < -0.3 is 14.2 Å². The highest BCUT2D eigenvalue weighted by Crippen LogP contribution is 2.12. The van der Waals surface area contributed by atoms with E-state index in [1.807, 2.05) is 0 Å². The smallest absolute Gasteiger partial charge is 0.306 e. The SMILES string of the molecule is CC/C=C\C/C=C\C/C=C\C/C=C\C/C=C\CCCCCCCC(=O)OCC(COC(=O)CCCCCCC/C=C\C/C=C\CCCCCC)OC(=O)CCC/C=C\C/C=C\C/C=C\C/C=C\C/C=C\CC. The van der Waals surface area contributed by atoms with Gasteiger partial charge in [-0.2, -0.15) is 0 Å². The first kappa shape index (κ1) is 67.3.